The number of ketones is 1. The van der Waals surface area contributed by atoms with Crippen molar-refractivity contribution in [3.8, 4) is 0 Å². The molecule has 0 unspecified atom stereocenters. The molecule has 2 aromatic rings. The quantitative estimate of drug-likeness (QED) is 0.705. The van der Waals surface area contributed by atoms with Gasteiger partial charge in [0.05, 0.1) is 0 Å². The Kier molecular flexibility index (Phi) is 6.80. The van der Waals surface area contributed by atoms with Gasteiger partial charge in [0.15, 0.2) is 5.78 Å². The molecule has 0 aliphatic carbocycles. The van der Waals surface area contributed by atoms with Gasteiger partial charge in [-0.05, 0) is 31.9 Å². The van der Waals surface area contributed by atoms with Gasteiger partial charge in [-0.2, -0.15) is 0 Å². The van der Waals surface area contributed by atoms with Crippen LogP contribution in [-0.2, 0) is 11.3 Å². The van der Waals surface area contributed by atoms with Gasteiger partial charge in [-0.25, -0.2) is 0 Å². The number of aryl methyl sites for hydroxylation is 2. The summed E-state index contributed by atoms with van der Waals surface area (Å²) in [5.74, 6) is 0.195. The zero-order valence-electron chi connectivity index (χ0n) is 16.2. The highest BCUT2D eigenvalue weighted by Crippen LogP contribution is 2.22. The number of thiophene rings is 1. The molecule has 1 amide bonds. The molecule has 1 aromatic carbocycles. The van der Waals surface area contributed by atoms with Crippen molar-refractivity contribution >= 4 is 23.0 Å². The minimum Gasteiger partial charge on any atom is -0.341 e. The Hall–Kier alpha value is -1.98. The summed E-state index contributed by atoms with van der Waals surface area (Å²) in [6.45, 7) is 8.34. The predicted molar refractivity (Wildman–Crippen MR) is 110 cm³/mol. The van der Waals surface area contributed by atoms with Crippen LogP contribution in [0.25, 0.3) is 0 Å². The first kappa shape index (κ1) is 19.8. The molecule has 144 valence electrons. The predicted octanol–water partition coefficient (Wildman–Crippen LogP) is 4.06. The molecule has 0 atom stereocenters. The van der Waals surface area contributed by atoms with Crippen molar-refractivity contribution in [2.75, 3.05) is 26.2 Å². The fourth-order valence-electron chi connectivity index (χ4n) is 3.64. The first-order valence-electron chi connectivity index (χ1n) is 9.67. The van der Waals surface area contributed by atoms with E-state index in [1.54, 1.807) is 11.3 Å². The van der Waals surface area contributed by atoms with Crippen LogP contribution in [0, 0.1) is 13.8 Å². The van der Waals surface area contributed by atoms with E-state index in [-0.39, 0.29) is 11.7 Å². The second kappa shape index (κ2) is 9.29. The van der Waals surface area contributed by atoms with Crippen molar-refractivity contribution < 1.29 is 9.59 Å². The minimum absolute atomic E-state index is 0.0886. The molecule has 1 aromatic heterocycles. The maximum absolute atomic E-state index is 12.6. The van der Waals surface area contributed by atoms with Crippen LogP contribution in [0.1, 0.15) is 44.9 Å². The first-order valence-corrected chi connectivity index (χ1v) is 10.5. The lowest BCUT2D eigenvalue weighted by atomic mass is 10.1. The van der Waals surface area contributed by atoms with Gasteiger partial charge in [0.25, 0.3) is 0 Å². The number of amides is 1. The van der Waals surface area contributed by atoms with Crippen LogP contribution in [0.15, 0.2) is 36.4 Å². The van der Waals surface area contributed by atoms with Gasteiger partial charge >= 0.3 is 0 Å². The van der Waals surface area contributed by atoms with Gasteiger partial charge in [-0.1, -0.05) is 30.3 Å². The van der Waals surface area contributed by atoms with Crippen LogP contribution < -0.4 is 0 Å². The van der Waals surface area contributed by atoms with E-state index in [9.17, 15) is 9.59 Å². The standard InChI is InChI=1S/C22H28N2O2S/c1-17-15-20(18(2)27-17)21(25)9-10-22(26)24-12-6-11-23(13-14-24)16-19-7-4-3-5-8-19/h3-5,7-8,15H,6,9-14,16H2,1-2H3. The Morgan fingerprint density at radius 2 is 1.78 bits per heavy atom. The Balaban J connectivity index is 1.47. The number of Topliss-reactive ketones (excluding diaryl/α,β-unsaturated/α-hetero) is 1. The third-order valence-corrected chi connectivity index (χ3v) is 6.06. The number of carbonyl (C=O) groups excluding carboxylic acids is 2. The smallest absolute Gasteiger partial charge is 0.223 e. The maximum atomic E-state index is 12.6. The fraction of sp³-hybridized carbons (Fsp3) is 0.455. The van der Waals surface area contributed by atoms with Crippen molar-refractivity contribution in [2.24, 2.45) is 0 Å². The van der Waals surface area contributed by atoms with E-state index in [1.807, 2.05) is 30.9 Å². The van der Waals surface area contributed by atoms with E-state index < -0.39 is 0 Å². The topological polar surface area (TPSA) is 40.6 Å². The Morgan fingerprint density at radius 3 is 2.48 bits per heavy atom. The van der Waals surface area contributed by atoms with Crippen LogP contribution >= 0.6 is 11.3 Å². The summed E-state index contributed by atoms with van der Waals surface area (Å²) in [5.41, 5.74) is 2.10. The number of benzene rings is 1. The molecule has 1 aliphatic heterocycles. The summed E-state index contributed by atoms with van der Waals surface area (Å²) in [6, 6.07) is 12.4. The Bertz CT molecular complexity index is 785. The highest BCUT2D eigenvalue weighted by molar-refractivity contribution is 7.12. The van der Waals surface area contributed by atoms with Crippen LogP contribution in [0.3, 0.4) is 0 Å². The maximum Gasteiger partial charge on any atom is 0.223 e. The number of carbonyl (C=O) groups is 2. The molecule has 2 heterocycles. The summed E-state index contributed by atoms with van der Waals surface area (Å²) in [5, 5.41) is 0. The highest BCUT2D eigenvalue weighted by Gasteiger charge is 2.21. The largest absolute Gasteiger partial charge is 0.341 e. The fourth-order valence-corrected chi connectivity index (χ4v) is 4.58. The molecular formula is C22H28N2O2S. The van der Waals surface area contributed by atoms with Gasteiger partial charge in [0.1, 0.15) is 0 Å². The van der Waals surface area contributed by atoms with Crippen LogP contribution in [-0.4, -0.2) is 47.7 Å². The Morgan fingerprint density at radius 1 is 1.00 bits per heavy atom. The summed E-state index contributed by atoms with van der Waals surface area (Å²) in [7, 11) is 0. The molecule has 3 rings (SSSR count). The molecule has 0 saturated carbocycles. The molecule has 4 nitrogen and oxygen atoms in total. The van der Waals surface area contributed by atoms with E-state index in [0.29, 0.717) is 12.8 Å². The second-order valence-electron chi connectivity index (χ2n) is 7.25. The SMILES string of the molecule is Cc1cc(C(=O)CCC(=O)N2CCCN(Cc3ccccc3)CC2)c(C)s1. The number of hydrogen-bond acceptors (Lipinski definition) is 4. The molecule has 0 bridgehead atoms. The summed E-state index contributed by atoms with van der Waals surface area (Å²) < 4.78 is 0. The van der Waals surface area contributed by atoms with Gasteiger partial charge in [0.2, 0.25) is 5.91 Å². The first-order chi connectivity index (χ1) is 13.0. The molecular weight excluding hydrogens is 356 g/mol. The van der Waals surface area contributed by atoms with Crippen molar-refractivity contribution in [3.05, 3.63) is 57.3 Å². The lowest BCUT2D eigenvalue weighted by Crippen LogP contribution is -2.35. The molecule has 1 saturated heterocycles. The average molecular weight is 385 g/mol. The monoisotopic (exact) mass is 384 g/mol. The third kappa shape index (κ3) is 5.50. The number of rotatable bonds is 6. The lowest BCUT2D eigenvalue weighted by Gasteiger charge is -2.22. The average Bonchev–Trinajstić information content (AvgIpc) is 2.85. The number of hydrogen-bond donors (Lipinski definition) is 0. The normalized spacial score (nSPS) is 15.6. The second-order valence-corrected chi connectivity index (χ2v) is 8.71. The van der Waals surface area contributed by atoms with Gasteiger partial charge in [-0.3, -0.25) is 14.5 Å². The highest BCUT2D eigenvalue weighted by atomic mass is 32.1. The van der Waals surface area contributed by atoms with Crippen molar-refractivity contribution in [2.45, 2.75) is 39.7 Å². The molecule has 0 spiro atoms. The van der Waals surface area contributed by atoms with E-state index in [0.717, 1.165) is 54.5 Å². The third-order valence-electron chi connectivity index (χ3n) is 5.10. The molecule has 1 aliphatic rings. The van der Waals surface area contributed by atoms with Crippen LogP contribution in [0.2, 0.25) is 0 Å². The van der Waals surface area contributed by atoms with Crippen molar-refractivity contribution in [3.63, 3.8) is 0 Å². The zero-order chi connectivity index (χ0) is 19.2. The van der Waals surface area contributed by atoms with Gasteiger partial charge in [-0.15, -0.1) is 11.3 Å². The van der Waals surface area contributed by atoms with Crippen molar-refractivity contribution in [1.29, 1.82) is 0 Å². The van der Waals surface area contributed by atoms with Gasteiger partial charge < -0.3 is 4.90 Å². The molecule has 0 N–H and O–H groups in total. The molecule has 27 heavy (non-hydrogen) atoms. The van der Waals surface area contributed by atoms with Gasteiger partial charge in [0, 0.05) is 60.9 Å². The van der Waals surface area contributed by atoms with E-state index in [2.05, 4.69) is 29.2 Å². The van der Waals surface area contributed by atoms with E-state index in [1.165, 1.54) is 5.56 Å². The van der Waals surface area contributed by atoms with E-state index in [4.69, 9.17) is 0 Å². The molecule has 0 radical (unpaired) electrons. The lowest BCUT2D eigenvalue weighted by molar-refractivity contribution is -0.131. The molecule has 1 fully saturated rings. The number of nitrogens with zero attached hydrogens (tertiary/aromatic N) is 2. The summed E-state index contributed by atoms with van der Waals surface area (Å²) in [6.07, 6.45) is 1.60. The zero-order valence-corrected chi connectivity index (χ0v) is 17.1. The van der Waals surface area contributed by atoms with Crippen LogP contribution in [0.4, 0.5) is 0 Å². The molecule has 5 heteroatoms. The summed E-state index contributed by atoms with van der Waals surface area (Å²) >= 11 is 1.64. The minimum atomic E-state index is 0.0886. The van der Waals surface area contributed by atoms with E-state index >= 15 is 0 Å². The van der Waals surface area contributed by atoms with Crippen LogP contribution in [0.5, 0.6) is 0 Å². The van der Waals surface area contributed by atoms with Crippen molar-refractivity contribution in [1.82, 2.24) is 9.80 Å². The summed E-state index contributed by atoms with van der Waals surface area (Å²) in [4.78, 5) is 31.6. The Labute approximate surface area is 165 Å².